The Bertz CT molecular complexity index is 759. The number of nitrogens with one attached hydrogen (secondary N) is 1. The number of H-pyrrole nitrogens is 1. The molecule has 0 fully saturated rings. The third kappa shape index (κ3) is 2.00. The van der Waals surface area contributed by atoms with Gasteiger partial charge in [-0.1, -0.05) is 0 Å². The van der Waals surface area contributed by atoms with Gasteiger partial charge in [-0.2, -0.15) is 10.1 Å². The van der Waals surface area contributed by atoms with Crippen molar-refractivity contribution in [3.05, 3.63) is 35.5 Å². The first-order chi connectivity index (χ1) is 9.19. The molecular weight excluding hydrogens is 271 g/mol. The van der Waals surface area contributed by atoms with Crippen molar-refractivity contribution in [3.8, 4) is 17.0 Å². The van der Waals surface area contributed by atoms with Crippen molar-refractivity contribution in [2.45, 2.75) is 0 Å². The van der Waals surface area contributed by atoms with Crippen LogP contribution in [0.3, 0.4) is 0 Å². The molecule has 1 N–H and O–H groups in total. The van der Waals surface area contributed by atoms with Gasteiger partial charge in [-0.05, 0) is 23.7 Å². The Labute approximate surface area is 112 Å². The Morgan fingerprint density at radius 3 is 2.89 bits per heavy atom. The van der Waals surface area contributed by atoms with Crippen LogP contribution in [0.1, 0.15) is 0 Å². The number of methoxy groups -OCH3 is 1. The quantitative estimate of drug-likeness (QED) is 0.732. The summed E-state index contributed by atoms with van der Waals surface area (Å²) in [6.07, 6.45) is 1.53. The van der Waals surface area contributed by atoms with Gasteiger partial charge in [0.15, 0.2) is 5.65 Å². The number of rotatable bonds is 2. The fourth-order valence-electron chi connectivity index (χ4n) is 1.83. The zero-order chi connectivity index (χ0) is 13.4. The van der Waals surface area contributed by atoms with Crippen LogP contribution in [0, 0.1) is 5.82 Å². The van der Waals surface area contributed by atoms with Crippen molar-refractivity contribution >= 4 is 22.6 Å². The molecule has 7 heteroatoms. The number of halogens is 2. The van der Waals surface area contributed by atoms with Crippen molar-refractivity contribution in [1.82, 2.24) is 20.2 Å². The second-order valence-corrected chi connectivity index (χ2v) is 4.16. The monoisotopic (exact) mass is 278 g/mol. The summed E-state index contributed by atoms with van der Waals surface area (Å²) in [4.78, 5) is 8.05. The summed E-state index contributed by atoms with van der Waals surface area (Å²) in [6.45, 7) is 0. The van der Waals surface area contributed by atoms with E-state index < -0.39 is 5.82 Å². The summed E-state index contributed by atoms with van der Waals surface area (Å²) in [7, 11) is 1.48. The minimum absolute atomic E-state index is 0.0296. The molecule has 1 aromatic carbocycles. The van der Waals surface area contributed by atoms with Crippen LogP contribution in [-0.4, -0.2) is 27.3 Å². The molecule has 0 amide bonds. The Morgan fingerprint density at radius 2 is 2.16 bits per heavy atom. The second-order valence-electron chi connectivity index (χ2n) is 3.82. The highest BCUT2D eigenvalue weighted by molar-refractivity contribution is 6.28. The summed E-state index contributed by atoms with van der Waals surface area (Å²) in [6, 6.07) is 4.52. The molecule has 0 bridgehead atoms. The van der Waals surface area contributed by atoms with Gasteiger partial charge in [-0.3, -0.25) is 5.10 Å². The van der Waals surface area contributed by atoms with Crippen LogP contribution in [0.25, 0.3) is 22.3 Å². The van der Waals surface area contributed by atoms with E-state index >= 15 is 0 Å². The van der Waals surface area contributed by atoms with E-state index in [1.54, 1.807) is 12.1 Å². The first kappa shape index (κ1) is 11.9. The smallest absolute Gasteiger partial charge is 0.224 e. The summed E-state index contributed by atoms with van der Waals surface area (Å²) < 4.78 is 19.0. The first-order valence-corrected chi connectivity index (χ1v) is 5.77. The SMILES string of the molecule is COc1ccc(-c2nc(Cl)nc3[nH]ncc23)c(F)c1. The molecule has 0 saturated carbocycles. The Morgan fingerprint density at radius 1 is 1.32 bits per heavy atom. The van der Waals surface area contributed by atoms with Crippen molar-refractivity contribution < 1.29 is 9.13 Å². The number of aromatic amines is 1. The van der Waals surface area contributed by atoms with Gasteiger partial charge in [-0.25, -0.2) is 9.37 Å². The second kappa shape index (κ2) is 4.47. The molecule has 0 spiro atoms. The summed E-state index contributed by atoms with van der Waals surface area (Å²) in [5, 5.41) is 7.17. The number of fused-ring (bicyclic) bond motifs is 1. The van der Waals surface area contributed by atoms with Crippen LogP contribution < -0.4 is 4.74 Å². The highest BCUT2D eigenvalue weighted by atomic mass is 35.5. The molecule has 3 rings (SSSR count). The van der Waals surface area contributed by atoms with E-state index in [0.29, 0.717) is 28.0 Å². The predicted molar refractivity (Wildman–Crippen MR) is 68.6 cm³/mol. The first-order valence-electron chi connectivity index (χ1n) is 5.39. The standard InChI is InChI=1S/C12H8ClFN4O/c1-19-6-2-3-7(9(14)4-6)10-8-5-15-18-11(8)17-12(13)16-10/h2-5H,1H3,(H,15,16,17,18). The summed E-state index contributed by atoms with van der Waals surface area (Å²) in [5.41, 5.74) is 1.17. The Balaban J connectivity index is 2.26. The molecule has 19 heavy (non-hydrogen) atoms. The maximum Gasteiger partial charge on any atom is 0.224 e. The maximum atomic E-state index is 14.1. The van der Waals surface area contributed by atoms with E-state index in [2.05, 4.69) is 20.2 Å². The number of hydrogen-bond donors (Lipinski definition) is 1. The highest BCUT2D eigenvalue weighted by Crippen LogP contribution is 2.30. The van der Waals surface area contributed by atoms with Gasteiger partial charge < -0.3 is 4.74 Å². The number of aromatic nitrogens is 4. The van der Waals surface area contributed by atoms with Crippen LogP contribution in [0.5, 0.6) is 5.75 Å². The van der Waals surface area contributed by atoms with Crippen LogP contribution in [-0.2, 0) is 0 Å². The van der Waals surface area contributed by atoms with E-state index in [1.165, 1.54) is 19.4 Å². The van der Waals surface area contributed by atoms with Crippen molar-refractivity contribution in [2.75, 3.05) is 7.11 Å². The molecular formula is C12H8ClFN4O. The minimum atomic E-state index is -0.448. The molecule has 0 radical (unpaired) electrons. The van der Waals surface area contributed by atoms with Gasteiger partial charge in [0.2, 0.25) is 5.28 Å². The van der Waals surface area contributed by atoms with Crippen LogP contribution in [0.2, 0.25) is 5.28 Å². The molecule has 0 unspecified atom stereocenters. The number of ether oxygens (including phenoxy) is 1. The lowest BCUT2D eigenvalue weighted by Crippen LogP contribution is -1.93. The van der Waals surface area contributed by atoms with Gasteiger partial charge in [0.1, 0.15) is 11.6 Å². The molecule has 0 aliphatic heterocycles. The molecule has 5 nitrogen and oxygen atoms in total. The van der Waals surface area contributed by atoms with Crippen molar-refractivity contribution in [1.29, 1.82) is 0 Å². The maximum absolute atomic E-state index is 14.1. The van der Waals surface area contributed by atoms with Gasteiger partial charge in [0.25, 0.3) is 0 Å². The third-order valence-electron chi connectivity index (χ3n) is 2.71. The molecule has 96 valence electrons. The van der Waals surface area contributed by atoms with Gasteiger partial charge >= 0.3 is 0 Å². The van der Waals surface area contributed by atoms with Gasteiger partial charge in [0, 0.05) is 11.6 Å². The predicted octanol–water partition coefficient (Wildman–Crippen LogP) is 2.82. The van der Waals surface area contributed by atoms with Gasteiger partial charge in [-0.15, -0.1) is 0 Å². The van der Waals surface area contributed by atoms with Crippen LogP contribution >= 0.6 is 11.6 Å². The van der Waals surface area contributed by atoms with E-state index in [0.717, 1.165) is 0 Å². The zero-order valence-corrected chi connectivity index (χ0v) is 10.6. The molecule has 3 aromatic rings. The minimum Gasteiger partial charge on any atom is -0.497 e. The third-order valence-corrected chi connectivity index (χ3v) is 2.88. The van der Waals surface area contributed by atoms with Gasteiger partial charge in [0.05, 0.1) is 24.4 Å². The Kier molecular flexibility index (Phi) is 2.79. The summed E-state index contributed by atoms with van der Waals surface area (Å²) in [5.74, 6) is -0.0125. The average molecular weight is 279 g/mol. The van der Waals surface area contributed by atoms with Crippen molar-refractivity contribution in [2.24, 2.45) is 0 Å². The average Bonchev–Trinajstić information content (AvgIpc) is 2.85. The van der Waals surface area contributed by atoms with Crippen LogP contribution in [0.4, 0.5) is 4.39 Å². The largest absolute Gasteiger partial charge is 0.497 e. The fraction of sp³-hybridized carbons (Fsp3) is 0.0833. The molecule has 0 aliphatic rings. The van der Waals surface area contributed by atoms with E-state index in [1.807, 2.05) is 0 Å². The lowest BCUT2D eigenvalue weighted by molar-refractivity contribution is 0.411. The van der Waals surface area contributed by atoms with Crippen molar-refractivity contribution in [3.63, 3.8) is 0 Å². The molecule has 2 heterocycles. The van der Waals surface area contributed by atoms with E-state index in [4.69, 9.17) is 16.3 Å². The highest BCUT2D eigenvalue weighted by Gasteiger charge is 2.14. The molecule has 2 aromatic heterocycles. The normalized spacial score (nSPS) is 10.9. The molecule has 0 aliphatic carbocycles. The number of hydrogen-bond acceptors (Lipinski definition) is 4. The topological polar surface area (TPSA) is 63.7 Å². The number of nitrogens with zero attached hydrogens (tertiary/aromatic N) is 3. The van der Waals surface area contributed by atoms with E-state index in [9.17, 15) is 4.39 Å². The lowest BCUT2D eigenvalue weighted by Gasteiger charge is -2.06. The summed E-state index contributed by atoms with van der Waals surface area (Å²) >= 11 is 5.82. The number of benzene rings is 1. The van der Waals surface area contributed by atoms with E-state index in [-0.39, 0.29) is 5.28 Å². The zero-order valence-electron chi connectivity index (χ0n) is 9.82. The molecule has 0 saturated heterocycles. The Hall–Kier alpha value is -2.21. The fourth-order valence-corrected chi connectivity index (χ4v) is 2.00. The lowest BCUT2D eigenvalue weighted by atomic mass is 10.1. The molecule has 0 atom stereocenters. The van der Waals surface area contributed by atoms with Crippen LogP contribution in [0.15, 0.2) is 24.4 Å².